The van der Waals surface area contributed by atoms with Gasteiger partial charge in [-0.05, 0) is 30.5 Å². The number of amides is 2. The van der Waals surface area contributed by atoms with E-state index in [2.05, 4.69) is 24.1 Å². The quantitative estimate of drug-likeness (QED) is 0.618. The predicted octanol–water partition coefficient (Wildman–Crippen LogP) is 2.86. The zero-order valence-electron chi connectivity index (χ0n) is 16.7. The molecule has 0 fully saturated rings. The third-order valence-corrected chi connectivity index (χ3v) is 6.74. The van der Waals surface area contributed by atoms with Crippen LogP contribution in [0, 0.1) is 12.8 Å². The fourth-order valence-corrected chi connectivity index (χ4v) is 5.07. The standard InChI is InChI=1S/C20H25N3O4S2/c1-11(2)19(13-4-5-14-15(8-13)27-7-6-26-14)23-18(25)10-28-20-22-12(3)16(29-20)9-17(21)24/h4-5,8,11,19H,6-7,9-10H2,1-3H3,(H2,21,24)(H,23,25)/t19-/m1/s1. The van der Waals surface area contributed by atoms with E-state index in [1.54, 1.807) is 0 Å². The van der Waals surface area contributed by atoms with Crippen molar-refractivity contribution in [1.29, 1.82) is 0 Å². The summed E-state index contributed by atoms with van der Waals surface area (Å²) in [4.78, 5) is 29.0. The van der Waals surface area contributed by atoms with Crippen molar-refractivity contribution in [3.8, 4) is 11.5 Å². The highest BCUT2D eigenvalue weighted by Gasteiger charge is 2.22. The van der Waals surface area contributed by atoms with Gasteiger partial charge in [0.05, 0.1) is 23.9 Å². The summed E-state index contributed by atoms with van der Waals surface area (Å²) in [6.07, 6.45) is 0.176. The molecule has 1 aliphatic heterocycles. The van der Waals surface area contributed by atoms with Crippen molar-refractivity contribution in [1.82, 2.24) is 10.3 Å². The number of hydrogen-bond donors (Lipinski definition) is 2. The van der Waals surface area contributed by atoms with Crippen LogP contribution < -0.4 is 20.5 Å². The van der Waals surface area contributed by atoms with E-state index in [-0.39, 0.29) is 35.9 Å². The number of hydrogen-bond acceptors (Lipinski definition) is 7. The largest absolute Gasteiger partial charge is 0.486 e. The van der Waals surface area contributed by atoms with Crippen LogP contribution in [-0.4, -0.2) is 35.8 Å². The maximum Gasteiger partial charge on any atom is 0.230 e. The Bertz CT molecular complexity index is 898. The van der Waals surface area contributed by atoms with Crippen LogP contribution in [0.15, 0.2) is 22.5 Å². The summed E-state index contributed by atoms with van der Waals surface area (Å²) < 4.78 is 12.0. The molecule has 2 aromatic rings. The molecule has 0 unspecified atom stereocenters. The van der Waals surface area contributed by atoms with Crippen molar-refractivity contribution in [2.45, 2.75) is 37.6 Å². The summed E-state index contributed by atoms with van der Waals surface area (Å²) in [5, 5.41) is 3.11. The minimum Gasteiger partial charge on any atom is -0.486 e. The highest BCUT2D eigenvalue weighted by molar-refractivity contribution is 8.01. The average Bonchev–Trinajstić information content (AvgIpc) is 3.02. The second-order valence-electron chi connectivity index (χ2n) is 7.11. The number of carbonyl (C=O) groups is 2. The summed E-state index contributed by atoms with van der Waals surface area (Å²) in [5.41, 5.74) is 7.03. The first-order valence-corrected chi connectivity index (χ1v) is 11.2. The van der Waals surface area contributed by atoms with Gasteiger partial charge in [-0.3, -0.25) is 9.59 Å². The van der Waals surface area contributed by atoms with Gasteiger partial charge < -0.3 is 20.5 Å². The van der Waals surface area contributed by atoms with Crippen LogP contribution >= 0.6 is 23.1 Å². The number of ether oxygens (including phenoxy) is 2. The van der Waals surface area contributed by atoms with Gasteiger partial charge in [0.2, 0.25) is 11.8 Å². The first-order valence-electron chi connectivity index (χ1n) is 9.39. The molecule has 29 heavy (non-hydrogen) atoms. The highest BCUT2D eigenvalue weighted by atomic mass is 32.2. The molecule has 0 saturated carbocycles. The normalized spacial score (nSPS) is 13.9. The number of nitrogens with one attached hydrogen (secondary N) is 1. The Morgan fingerprint density at radius 3 is 2.69 bits per heavy atom. The summed E-state index contributed by atoms with van der Waals surface area (Å²) >= 11 is 2.77. The third kappa shape index (κ3) is 5.63. The molecule has 0 spiro atoms. The van der Waals surface area contributed by atoms with Crippen LogP contribution in [0.2, 0.25) is 0 Å². The van der Waals surface area contributed by atoms with Gasteiger partial charge in [0, 0.05) is 4.88 Å². The molecule has 9 heteroatoms. The van der Waals surface area contributed by atoms with E-state index in [1.165, 1.54) is 23.1 Å². The minimum absolute atomic E-state index is 0.0760. The Morgan fingerprint density at radius 2 is 2.00 bits per heavy atom. The minimum atomic E-state index is -0.384. The van der Waals surface area contributed by atoms with E-state index < -0.39 is 0 Å². The van der Waals surface area contributed by atoms with Gasteiger partial charge in [-0.1, -0.05) is 31.7 Å². The molecule has 0 bridgehead atoms. The van der Waals surface area contributed by atoms with Crippen molar-refractivity contribution in [3.05, 3.63) is 34.3 Å². The molecule has 1 aliphatic rings. The van der Waals surface area contributed by atoms with E-state index in [1.807, 2.05) is 25.1 Å². The molecule has 0 aliphatic carbocycles. The average molecular weight is 436 g/mol. The molecule has 7 nitrogen and oxygen atoms in total. The Hall–Kier alpha value is -2.26. The smallest absolute Gasteiger partial charge is 0.230 e. The number of fused-ring (bicyclic) bond motifs is 1. The molecule has 3 N–H and O–H groups in total. The number of nitrogens with zero attached hydrogens (tertiary/aromatic N) is 1. The molecule has 3 rings (SSSR count). The van der Waals surface area contributed by atoms with Gasteiger partial charge >= 0.3 is 0 Å². The van der Waals surface area contributed by atoms with E-state index in [0.717, 1.165) is 26.2 Å². The number of rotatable bonds is 8. The van der Waals surface area contributed by atoms with Gasteiger partial charge in [-0.15, -0.1) is 11.3 Å². The number of primary amides is 1. The monoisotopic (exact) mass is 435 g/mol. The van der Waals surface area contributed by atoms with Gasteiger partial charge in [-0.25, -0.2) is 4.98 Å². The number of benzene rings is 1. The Morgan fingerprint density at radius 1 is 1.28 bits per heavy atom. The van der Waals surface area contributed by atoms with Crippen LogP contribution in [0.5, 0.6) is 11.5 Å². The van der Waals surface area contributed by atoms with Gasteiger partial charge in [0.15, 0.2) is 15.8 Å². The number of carbonyl (C=O) groups excluding carboxylic acids is 2. The number of thioether (sulfide) groups is 1. The van der Waals surface area contributed by atoms with E-state index in [4.69, 9.17) is 15.2 Å². The first-order chi connectivity index (χ1) is 13.8. The van der Waals surface area contributed by atoms with E-state index in [0.29, 0.717) is 19.0 Å². The second-order valence-corrected chi connectivity index (χ2v) is 9.42. The maximum absolute atomic E-state index is 12.6. The van der Waals surface area contributed by atoms with Crippen LogP contribution in [0.3, 0.4) is 0 Å². The second kappa shape index (κ2) is 9.49. The zero-order valence-corrected chi connectivity index (χ0v) is 18.3. The maximum atomic E-state index is 12.6. The Labute approximate surface area is 178 Å². The fourth-order valence-electron chi connectivity index (χ4n) is 3.02. The van der Waals surface area contributed by atoms with E-state index in [9.17, 15) is 9.59 Å². The van der Waals surface area contributed by atoms with Gasteiger partial charge in [-0.2, -0.15) is 0 Å². The lowest BCUT2D eigenvalue weighted by molar-refractivity contribution is -0.119. The molecule has 1 atom stereocenters. The van der Waals surface area contributed by atoms with Crippen molar-refractivity contribution >= 4 is 34.9 Å². The summed E-state index contributed by atoms with van der Waals surface area (Å²) in [6, 6.07) is 5.65. The molecule has 156 valence electrons. The highest BCUT2D eigenvalue weighted by Crippen LogP contribution is 2.34. The van der Waals surface area contributed by atoms with Crippen LogP contribution in [0.4, 0.5) is 0 Å². The van der Waals surface area contributed by atoms with Crippen molar-refractivity contribution in [3.63, 3.8) is 0 Å². The topological polar surface area (TPSA) is 104 Å². The van der Waals surface area contributed by atoms with Crippen molar-refractivity contribution < 1.29 is 19.1 Å². The molecular weight excluding hydrogens is 410 g/mol. The van der Waals surface area contributed by atoms with Gasteiger partial charge in [0.25, 0.3) is 0 Å². The number of aryl methyl sites for hydroxylation is 1. The molecular formula is C20H25N3O4S2. The molecule has 0 saturated heterocycles. The Kier molecular flexibility index (Phi) is 7.02. The first kappa shape index (κ1) is 21.4. The fraction of sp³-hybridized carbons (Fsp3) is 0.450. The lowest BCUT2D eigenvalue weighted by Gasteiger charge is -2.25. The Balaban J connectivity index is 1.62. The van der Waals surface area contributed by atoms with Gasteiger partial charge in [0.1, 0.15) is 13.2 Å². The molecule has 2 heterocycles. The number of nitrogens with two attached hydrogens (primary N) is 1. The van der Waals surface area contributed by atoms with Crippen LogP contribution in [0.1, 0.15) is 36.0 Å². The molecule has 1 aromatic carbocycles. The molecule has 0 radical (unpaired) electrons. The predicted molar refractivity (Wildman–Crippen MR) is 114 cm³/mol. The van der Waals surface area contributed by atoms with Crippen LogP contribution in [-0.2, 0) is 16.0 Å². The van der Waals surface area contributed by atoms with Crippen molar-refractivity contribution in [2.75, 3.05) is 19.0 Å². The number of thiazole rings is 1. The summed E-state index contributed by atoms with van der Waals surface area (Å²) in [7, 11) is 0. The molecule has 1 aromatic heterocycles. The summed E-state index contributed by atoms with van der Waals surface area (Å²) in [5.74, 6) is 1.43. The lowest BCUT2D eigenvalue weighted by atomic mass is 9.95. The lowest BCUT2D eigenvalue weighted by Crippen LogP contribution is -2.33. The van der Waals surface area contributed by atoms with E-state index >= 15 is 0 Å². The SMILES string of the molecule is Cc1nc(SCC(=O)N[C@@H](c2ccc3c(c2)OCCO3)C(C)C)sc1CC(N)=O. The summed E-state index contributed by atoms with van der Waals surface area (Å²) in [6.45, 7) is 7.04. The zero-order chi connectivity index (χ0) is 21.0. The van der Waals surface area contributed by atoms with Crippen LogP contribution in [0.25, 0.3) is 0 Å². The third-order valence-electron chi connectivity index (χ3n) is 4.44. The van der Waals surface area contributed by atoms with Crippen molar-refractivity contribution in [2.24, 2.45) is 11.7 Å². The molecule has 2 amide bonds. The number of aromatic nitrogens is 1.